The second kappa shape index (κ2) is 6.32. The van der Waals surface area contributed by atoms with E-state index < -0.39 is 10.0 Å². The lowest BCUT2D eigenvalue weighted by Gasteiger charge is -2.31. The summed E-state index contributed by atoms with van der Waals surface area (Å²) in [5.74, 6) is 1.42. The van der Waals surface area contributed by atoms with Crippen LogP contribution in [0.25, 0.3) is 0 Å². The van der Waals surface area contributed by atoms with Crippen molar-refractivity contribution in [1.29, 1.82) is 0 Å². The average molecular weight is 339 g/mol. The minimum Gasteiger partial charge on any atom is -0.490 e. The zero-order valence-electron chi connectivity index (χ0n) is 14.0. The molecule has 0 aromatic heterocycles. The highest BCUT2D eigenvalue weighted by molar-refractivity contribution is 7.89. The topological polar surface area (TPSA) is 55.8 Å². The maximum absolute atomic E-state index is 13.2. The van der Waals surface area contributed by atoms with Gasteiger partial charge in [-0.15, -0.1) is 0 Å². The second-order valence-corrected chi connectivity index (χ2v) is 8.55. The van der Waals surface area contributed by atoms with Gasteiger partial charge in [0.25, 0.3) is 0 Å². The predicted octanol–water partition coefficient (Wildman–Crippen LogP) is 3.05. The van der Waals surface area contributed by atoms with Gasteiger partial charge in [-0.3, -0.25) is 0 Å². The van der Waals surface area contributed by atoms with Crippen LogP contribution >= 0.6 is 0 Å². The molecule has 1 saturated carbocycles. The van der Waals surface area contributed by atoms with E-state index in [0.29, 0.717) is 29.6 Å². The van der Waals surface area contributed by atoms with Crippen molar-refractivity contribution in [3.63, 3.8) is 0 Å². The Bertz CT molecular complexity index is 667. The van der Waals surface area contributed by atoms with Crippen molar-refractivity contribution in [2.75, 3.05) is 13.2 Å². The van der Waals surface area contributed by atoms with E-state index in [-0.39, 0.29) is 18.0 Å². The fraction of sp³-hybridized carbons (Fsp3) is 0.647. The summed E-state index contributed by atoms with van der Waals surface area (Å²) in [5, 5.41) is 0. The van der Waals surface area contributed by atoms with Crippen molar-refractivity contribution < 1.29 is 17.9 Å². The van der Waals surface area contributed by atoms with E-state index >= 15 is 0 Å². The number of hydrogen-bond donors (Lipinski definition) is 0. The number of rotatable bonds is 5. The van der Waals surface area contributed by atoms with Crippen LogP contribution in [0.3, 0.4) is 0 Å². The number of hydrogen-bond acceptors (Lipinski definition) is 4. The van der Waals surface area contributed by atoms with Crippen molar-refractivity contribution in [2.24, 2.45) is 5.92 Å². The van der Waals surface area contributed by atoms with Crippen LogP contribution in [0, 0.1) is 5.92 Å². The van der Waals surface area contributed by atoms with Crippen LogP contribution in [0.4, 0.5) is 0 Å². The van der Waals surface area contributed by atoms with Gasteiger partial charge in [0, 0.05) is 24.6 Å². The summed E-state index contributed by atoms with van der Waals surface area (Å²) in [6, 6.07) is 5.05. The van der Waals surface area contributed by atoms with Crippen molar-refractivity contribution in [2.45, 2.75) is 57.0 Å². The van der Waals surface area contributed by atoms with E-state index in [9.17, 15) is 8.42 Å². The predicted molar refractivity (Wildman–Crippen MR) is 88.4 cm³/mol. The van der Waals surface area contributed by atoms with Gasteiger partial charge >= 0.3 is 0 Å². The molecule has 1 aromatic rings. The molecule has 1 heterocycles. The quantitative estimate of drug-likeness (QED) is 0.827. The molecule has 0 amide bonds. The highest BCUT2D eigenvalue weighted by atomic mass is 32.2. The highest BCUT2D eigenvalue weighted by Gasteiger charge is 2.42. The van der Waals surface area contributed by atoms with Crippen molar-refractivity contribution >= 4 is 10.0 Å². The Hall–Kier alpha value is -1.27. The molecule has 0 spiro atoms. The Morgan fingerprint density at radius 2 is 1.74 bits per heavy atom. The maximum atomic E-state index is 13.2. The molecule has 0 bridgehead atoms. The number of benzene rings is 1. The molecule has 0 radical (unpaired) electrons. The molecule has 1 aliphatic carbocycles. The van der Waals surface area contributed by atoms with Crippen LogP contribution < -0.4 is 9.47 Å². The molecule has 0 unspecified atom stereocenters. The molecule has 1 aliphatic heterocycles. The smallest absolute Gasteiger partial charge is 0.243 e. The van der Waals surface area contributed by atoms with Crippen LogP contribution in [0.1, 0.15) is 40.0 Å². The van der Waals surface area contributed by atoms with Crippen LogP contribution in [0.15, 0.2) is 23.1 Å². The number of fused-ring (bicyclic) bond motifs is 1. The first-order chi connectivity index (χ1) is 10.9. The third-order valence-electron chi connectivity index (χ3n) is 4.57. The summed E-state index contributed by atoms with van der Waals surface area (Å²) in [6.45, 7) is 7.25. The highest BCUT2D eigenvalue weighted by Crippen LogP contribution is 2.38. The summed E-state index contributed by atoms with van der Waals surface area (Å²) in [6.07, 6.45) is 2.69. The largest absolute Gasteiger partial charge is 0.490 e. The molecular formula is C17H25NO4S. The molecule has 3 rings (SSSR count). The van der Waals surface area contributed by atoms with Gasteiger partial charge in [0.2, 0.25) is 10.0 Å². The Kier molecular flexibility index (Phi) is 4.56. The van der Waals surface area contributed by atoms with Gasteiger partial charge in [-0.25, -0.2) is 8.42 Å². The normalized spacial score (nSPS) is 19.7. The first kappa shape index (κ1) is 16.6. The van der Waals surface area contributed by atoms with Crippen LogP contribution in [-0.4, -0.2) is 38.0 Å². The SMILES string of the molecule is CC(C)[C@@H](C)N(C1CC1)S(=O)(=O)c1ccc2c(c1)OCCCO2. The first-order valence-corrected chi connectivity index (χ1v) is 9.78. The van der Waals surface area contributed by atoms with E-state index in [1.54, 1.807) is 22.5 Å². The lowest BCUT2D eigenvalue weighted by atomic mass is 10.1. The Morgan fingerprint density at radius 3 is 2.35 bits per heavy atom. The fourth-order valence-corrected chi connectivity index (χ4v) is 4.82. The third-order valence-corrected chi connectivity index (χ3v) is 6.60. The zero-order valence-corrected chi connectivity index (χ0v) is 14.8. The van der Waals surface area contributed by atoms with Crippen molar-refractivity contribution in [3.8, 4) is 11.5 Å². The monoisotopic (exact) mass is 339 g/mol. The van der Waals surface area contributed by atoms with Crippen molar-refractivity contribution in [1.82, 2.24) is 4.31 Å². The second-order valence-electron chi connectivity index (χ2n) is 6.71. The first-order valence-electron chi connectivity index (χ1n) is 8.34. The standard InChI is InChI=1S/C17H25NO4S/c1-12(2)13(3)18(14-5-6-14)23(19,20)15-7-8-16-17(11-15)22-10-4-9-21-16/h7-8,11-14H,4-6,9-10H2,1-3H3/t13-/m1/s1. The Morgan fingerprint density at radius 1 is 1.09 bits per heavy atom. The molecule has 1 atom stereocenters. The molecule has 2 aliphatic rings. The average Bonchev–Trinajstić information content (AvgIpc) is 3.32. The maximum Gasteiger partial charge on any atom is 0.243 e. The van der Waals surface area contributed by atoms with E-state index in [0.717, 1.165) is 19.3 Å². The third kappa shape index (κ3) is 3.33. The zero-order chi connectivity index (χ0) is 16.6. The van der Waals surface area contributed by atoms with Crippen LogP contribution in [-0.2, 0) is 10.0 Å². The summed E-state index contributed by atoms with van der Waals surface area (Å²) in [7, 11) is -3.53. The molecule has 5 nitrogen and oxygen atoms in total. The molecular weight excluding hydrogens is 314 g/mol. The van der Waals surface area contributed by atoms with E-state index in [1.165, 1.54) is 0 Å². The van der Waals surface area contributed by atoms with E-state index in [4.69, 9.17) is 9.47 Å². The van der Waals surface area contributed by atoms with Gasteiger partial charge in [0.1, 0.15) is 0 Å². The summed E-state index contributed by atoms with van der Waals surface area (Å²) in [5.41, 5.74) is 0. The van der Waals surface area contributed by atoms with Gasteiger partial charge in [-0.2, -0.15) is 4.31 Å². The molecule has 128 valence electrons. The molecule has 0 saturated heterocycles. The molecule has 1 fully saturated rings. The van der Waals surface area contributed by atoms with E-state index in [2.05, 4.69) is 13.8 Å². The van der Waals surface area contributed by atoms with Gasteiger partial charge in [0.15, 0.2) is 11.5 Å². The number of nitrogens with zero attached hydrogens (tertiary/aromatic N) is 1. The number of sulfonamides is 1. The number of ether oxygens (including phenoxy) is 2. The molecule has 23 heavy (non-hydrogen) atoms. The van der Waals surface area contributed by atoms with Crippen LogP contribution in [0.2, 0.25) is 0 Å². The molecule has 6 heteroatoms. The minimum atomic E-state index is -3.53. The lowest BCUT2D eigenvalue weighted by molar-refractivity contribution is 0.268. The fourth-order valence-electron chi connectivity index (χ4n) is 2.80. The molecule has 1 aromatic carbocycles. The minimum absolute atomic E-state index is 0.0246. The van der Waals surface area contributed by atoms with Crippen LogP contribution in [0.5, 0.6) is 11.5 Å². The van der Waals surface area contributed by atoms with Gasteiger partial charge in [-0.05, 0) is 37.8 Å². The lowest BCUT2D eigenvalue weighted by Crippen LogP contribution is -2.42. The molecule has 0 N–H and O–H groups in total. The van der Waals surface area contributed by atoms with Gasteiger partial charge in [-0.1, -0.05) is 13.8 Å². The van der Waals surface area contributed by atoms with Gasteiger partial charge < -0.3 is 9.47 Å². The Labute approximate surface area is 138 Å². The summed E-state index contributed by atoms with van der Waals surface area (Å²) >= 11 is 0. The summed E-state index contributed by atoms with van der Waals surface area (Å²) < 4.78 is 39.2. The van der Waals surface area contributed by atoms with Crippen molar-refractivity contribution in [3.05, 3.63) is 18.2 Å². The van der Waals surface area contributed by atoms with Gasteiger partial charge in [0.05, 0.1) is 18.1 Å². The summed E-state index contributed by atoms with van der Waals surface area (Å²) in [4.78, 5) is 0.293. The Balaban J connectivity index is 1.96. The van der Waals surface area contributed by atoms with E-state index in [1.807, 2.05) is 6.92 Å².